The predicted octanol–water partition coefficient (Wildman–Crippen LogP) is 6.48. The van der Waals surface area contributed by atoms with Gasteiger partial charge in [0.2, 0.25) is 0 Å². The number of carbonyl (C=O) groups is 4. The van der Waals surface area contributed by atoms with Crippen LogP contribution >= 0.6 is 0 Å². The smallest absolute Gasteiger partial charge is 0.416 e. The van der Waals surface area contributed by atoms with Crippen LogP contribution in [0.3, 0.4) is 0 Å². The number of amides is 4. The number of alkyl halides is 3. The summed E-state index contributed by atoms with van der Waals surface area (Å²) in [4.78, 5) is 56.0. The summed E-state index contributed by atoms with van der Waals surface area (Å²) in [5.41, 5.74) is 1.33. The summed E-state index contributed by atoms with van der Waals surface area (Å²) in [6, 6.07) is 16.3. The van der Waals surface area contributed by atoms with Crippen LogP contribution in [0.1, 0.15) is 76.6 Å². The van der Waals surface area contributed by atoms with E-state index in [1.165, 1.54) is 17.0 Å². The molecule has 12 heteroatoms. The number of aryl methyl sites for hydroxylation is 1. The van der Waals surface area contributed by atoms with E-state index >= 15 is 0 Å². The van der Waals surface area contributed by atoms with Crippen LogP contribution in [0.5, 0.6) is 5.75 Å². The molecule has 3 aromatic rings. The first kappa shape index (κ1) is 34.5. The zero-order chi connectivity index (χ0) is 34.8. The van der Waals surface area contributed by atoms with Crippen molar-refractivity contribution in [3.05, 3.63) is 100 Å². The van der Waals surface area contributed by atoms with Crippen LogP contribution in [0.2, 0.25) is 0 Å². The number of urea groups is 1. The maximum Gasteiger partial charge on any atom is 0.416 e. The van der Waals surface area contributed by atoms with E-state index in [9.17, 15) is 32.3 Å². The Morgan fingerprint density at radius 2 is 1.52 bits per heavy atom. The summed E-state index contributed by atoms with van der Waals surface area (Å²) in [6.45, 7) is 6.19. The van der Waals surface area contributed by atoms with Gasteiger partial charge < -0.3 is 19.3 Å². The van der Waals surface area contributed by atoms with E-state index in [0.29, 0.717) is 47.4 Å². The highest BCUT2D eigenvalue weighted by molar-refractivity contribution is 6.21. The van der Waals surface area contributed by atoms with Crippen LogP contribution in [0.15, 0.2) is 66.7 Å². The highest BCUT2D eigenvalue weighted by atomic mass is 19.4. The Bertz CT molecular complexity index is 1670. The molecule has 2 aliphatic rings. The summed E-state index contributed by atoms with van der Waals surface area (Å²) in [5.74, 6) is -0.655. The van der Waals surface area contributed by atoms with Crippen molar-refractivity contribution in [1.82, 2.24) is 14.7 Å². The second kappa shape index (κ2) is 13.7. The molecule has 3 aromatic carbocycles. The molecular weight excluding hydrogens is 627 g/mol. The largest absolute Gasteiger partial charge is 0.494 e. The molecule has 1 unspecified atom stereocenters. The first-order valence-corrected chi connectivity index (χ1v) is 15.7. The van der Waals surface area contributed by atoms with E-state index in [2.05, 4.69) is 0 Å². The summed E-state index contributed by atoms with van der Waals surface area (Å²) >= 11 is 0. The second-order valence-electron chi connectivity index (χ2n) is 13.0. The third kappa shape index (κ3) is 7.98. The number of benzene rings is 3. The first-order valence-electron chi connectivity index (χ1n) is 15.7. The van der Waals surface area contributed by atoms with Crippen LogP contribution in [-0.4, -0.2) is 70.4 Å². The van der Waals surface area contributed by atoms with Gasteiger partial charge in [-0.05, 0) is 80.3 Å². The highest BCUT2D eigenvalue weighted by Gasteiger charge is 2.36. The van der Waals surface area contributed by atoms with Gasteiger partial charge in [-0.15, -0.1) is 0 Å². The molecule has 1 saturated heterocycles. The van der Waals surface area contributed by atoms with Gasteiger partial charge in [0.25, 0.3) is 11.8 Å². The summed E-state index contributed by atoms with van der Waals surface area (Å²) in [6.07, 6.45) is -3.50. The fourth-order valence-electron chi connectivity index (χ4n) is 5.85. The van der Waals surface area contributed by atoms with E-state index < -0.39 is 29.2 Å². The molecule has 254 valence electrons. The molecule has 0 N–H and O–H groups in total. The Morgan fingerprint density at radius 1 is 0.875 bits per heavy atom. The lowest BCUT2D eigenvalue weighted by molar-refractivity contribution is -0.154. The van der Waals surface area contributed by atoms with Crippen LogP contribution in [0, 0.1) is 0 Å². The van der Waals surface area contributed by atoms with Crippen molar-refractivity contribution in [1.29, 1.82) is 0 Å². The van der Waals surface area contributed by atoms with E-state index in [1.54, 1.807) is 74.0 Å². The maximum absolute atomic E-state index is 13.1. The van der Waals surface area contributed by atoms with Crippen molar-refractivity contribution in [3.63, 3.8) is 0 Å². The van der Waals surface area contributed by atoms with Gasteiger partial charge >= 0.3 is 18.2 Å². The van der Waals surface area contributed by atoms with Crippen molar-refractivity contribution in [2.45, 2.75) is 70.9 Å². The van der Waals surface area contributed by atoms with E-state index in [4.69, 9.17) is 9.47 Å². The molecule has 2 heterocycles. The number of hydrogen-bond donors (Lipinski definition) is 0. The molecule has 0 radical (unpaired) electrons. The number of rotatable bonds is 11. The van der Waals surface area contributed by atoms with Crippen molar-refractivity contribution in [2.75, 3.05) is 20.2 Å². The fraction of sp³-hybridized carbons (Fsp3) is 0.389. The van der Waals surface area contributed by atoms with Gasteiger partial charge in [0, 0.05) is 33.0 Å². The summed E-state index contributed by atoms with van der Waals surface area (Å²) < 4.78 is 50.3. The molecular formula is C36H38F3N3O6. The predicted molar refractivity (Wildman–Crippen MR) is 170 cm³/mol. The minimum Gasteiger partial charge on any atom is -0.494 e. The lowest BCUT2D eigenvalue weighted by Gasteiger charge is -2.21. The van der Waals surface area contributed by atoms with E-state index in [1.807, 2.05) is 6.07 Å². The van der Waals surface area contributed by atoms with E-state index in [0.717, 1.165) is 17.7 Å². The van der Waals surface area contributed by atoms with Gasteiger partial charge in [-0.3, -0.25) is 19.3 Å². The maximum atomic E-state index is 13.1. The van der Waals surface area contributed by atoms with Gasteiger partial charge in [0.05, 0.1) is 35.9 Å². The number of halogens is 3. The molecule has 9 nitrogen and oxygen atoms in total. The van der Waals surface area contributed by atoms with Crippen LogP contribution < -0.4 is 4.74 Å². The molecule has 5 rings (SSSR count). The first-order chi connectivity index (χ1) is 22.6. The molecule has 1 atom stereocenters. The number of ether oxygens (including phenoxy) is 2. The van der Waals surface area contributed by atoms with Gasteiger partial charge in [-0.2, -0.15) is 13.2 Å². The number of likely N-dealkylation sites (N-methyl/N-ethyl adjacent to an activating group) is 1. The quantitative estimate of drug-likeness (QED) is 0.172. The van der Waals surface area contributed by atoms with Gasteiger partial charge in [0.15, 0.2) is 0 Å². The van der Waals surface area contributed by atoms with Gasteiger partial charge in [-0.25, -0.2) is 4.79 Å². The van der Waals surface area contributed by atoms with Crippen LogP contribution in [0.4, 0.5) is 18.0 Å². The molecule has 48 heavy (non-hydrogen) atoms. The zero-order valence-corrected chi connectivity index (χ0v) is 27.3. The van der Waals surface area contributed by atoms with Crippen molar-refractivity contribution in [3.8, 4) is 5.75 Å². The Balaban J connectivity index is 1.24. The second-order valence-corrected chi connectivity index (χ2v) is 13.0. The number of esters is 1. The van der Waals surface area contributed by atoms with E-state index in [-0.39, 0.29) is 44.2 Å². The molecule has 0 aromatic heterocycles. The molecule has 1 fully saturated rings. The lowest BCUT2D eigenvalue weighted by atomic mass is 10.0. The van der Waals surface area contributed by atoms with Crippen molar-refractivity contribution in [2.24, 2.45) is 0 Å². The summed E-state index contributed by atoms with van der Waals surface area (Å²) in [7, 11) is 1.68. The Kier molecular flexibility index (Phi) is 9.84. The topological polar surface area (TPSA) is 96.5 Å². The zero-order valence-electron chi connectivity index (χ0n) is 27.3. The third-order valence-electron chi connectivity index (χ3n) is 8.33. The number of fused-ring (bicyclic) bond motifs is 1. The minimum absolute atomic E-state index is 0.00796. The number of carbonyl (C=O) groups excluding carboxylic acids is 4. The average molecular weight is 666 g/mol. The molecule has 2 aliphatic heterocycles. The average Bonchev–Trinajstić information content (AvgIpc) is 3.42. The molecule has 0 bridgehead atoms. The normalized spacial score (nSPS) is 16.5. The van der Waals surface area contributed by atoms with Crippen molar-refractivity contribution >= 4 is 23.8 Å². The Labute approximate surface area is 277 Å². The number of nitrogens with zero attached hydrogens (tertiary/aromatic N) is 3. The minimum atomic E-state index is -4.43. The van der Waals surface area contributed by atoms with Crippen LogP contribution in [0.25, 0.3) is 0 Å². The van der Waals surface area contributed by atoms with Crippen molar-refractivity contribution < 1.29 is 41.8 Å². The number of imide groups is 1. The monoisotopic (exact) mass is 665 g/mol. The molecule has 0 saturated carbocycles. The molecule has 4 amide bonds. The molecule has 0 spiro atoms. The van der Waals surface area contributed by atoms with Gasteiger partial charge in [0.1, 0.15) is 11.4 Å². The summed E-state index contributed by atoms with van der Waals surface area (Å²) in [5, 5.41) is 0. The van der Waals surface area contributed by atoms with Crippen LogP contribution in [-0.2, 0) is 35.2 Å². The standard InChI is InChI=1S/C36H38F3N3O6/c1-35(2,3)48-31(43)16-12-24-11-15-28(19-25(24)21-42-32(44)29-7-5-6-8-30(29)33(42)45)47-18-17-27-22-41(34(46)40(27)4)20-23-9-13-26(14-10-23)36(37,38)39/h5-11,13-15,19,27H,12,16-18,20-22H2,1-4H3. The molecule has 0 aliphatic carbocycles. The Hall–Kier alpha value is -4.87. The fourth-order valence-corrected chi connectivity index (χ4v) is 5.85. The lowest BCUT2D eigenvalue weighted by Crippen LogP contribution is -2.31. The number of hydrogen-bond acceptors (Lipinski definition) is 6. The third-order valence-corrected chi connectivity index (χ3v) is 8.33. The van der Waals surface area contributed by atoms with Gasteiger partial charge in [-0.1, -0.05) is 30.3 Å². The Morgan fingerprint density at radius 3 is 2.12 bits per heavy atom. The SMILES string of the molecule is CN1C(=O)N(Cc2ccc(C(F)(F)F)cc2)CC1CCOc1ccc(CCC(=O)OC(C)(C)C)c(CN2C(=O)c3ccccc3C2=O)c1. The highest BCUT2D eigenvalue weighted by Crippen LogP contribution is 2.30.